The first kappa shape index (κ1) is 30.4. The molecule has 238 valence electrons. The quantitative estimate of drug-likeness (QED) is 0.176. The van der Waals surface area contributed by atoms with Crippen LogP contribution in [0.2, 0.25) is 0 Å². The fraction of sp³-hybridized carbons (Fsp3) is 0.167. The number of hydrogen-bond acceptors (Lipinski definition) is 6. The molecule has 11 heteroatoms. The average Bonchev–Trinajstić information content (AvgIpc) is 3.09. The van der Waals surface area contributed by atoms with Crippen LogP contribution in [0.3, 0.4) is 0 Å². The molecule has 2 aliphatic heterocycles. The van der Waals surface area contributed by atoms with Crippen molar-refractivity contribution < 1.29 is 31.5 Å². The number of ether oxygens (including phenoxy) is 1. The number of anilines is 2. The van der Waals surface area contributed by atoms with Crippen LogP contribution in [-0.4, -0.2) is 16.7 Å². The van der Waals surface area contributed by atoms with Crippen LogP contribution in [0.15, 0.2) is 97.2 Å². The molecule has 4 heterocycles. The number of pyridine rings is 2. The molecular formula is C36H27F5N4O2. The first-order valence-electron chi connectivity index (χ1n) is 14.8. The second-order valence-corrected chi connectivity index (χ2v) is 11.3. The predicted octanol–water partition coefficient (Wildman–Crippen LogP) is 8.88. The molecule has 6 nitrogen and oxygen atoms in total. The molecule has 0 fully saturated rings. The van der Waals surface area contributed by atoms with Gasteiger partial charge >= 0.3 is 6.18 Å². The Labute approximate surface area is 266 Å². The number of nitrogens with zero attached hydrogens (tertiary/aromatic N) is 4. The Morgan fingerprint density at radius 1 is 0.745 bits per heavy atom. The molecule has 0 saturated carbocycles. The number of hydroxylamine groups is 1. The highest BCUT2D eigenvalue weighted by Gasteiger charge is 2.31. The fourth-order valence-electron chi connectivity index (χ4n) is 5.73. The molecule has 47 heavy (non-hydrogen) atoms. The lowest BCUT2D eigenvalue weighted by atomic mass is 10.0. The van der Waals surface area contributed by atoms with Crippen molar-refractivity contribution in [2.75, 3.05) is 16.7 Å². The minimum absolute atomic E-state index is 0.271. The largest absolute Gasteiger partial charge is 0.470 e. The molecule has 4 aromatic carbocycles. The zero-order chi connectivity index (χ0) is 32.7. The summed E-state index contributed by atoms with van der Waals surface area (Å²) < 4.78 is 71.0. The third-order valence-corrected chi connectivity index (χ3v) is 8.15. The van der Waals surface area contributed by atoms with Gasteiger partial charge in [0, 0.05) is 52.1 Å². The molecule has 2 aromatic heterocycles. The molecule has 0 spiro atoms. The van der Waals surface area contributed by atoms with Crippen LogP contribution >= 0.6 is 0 Å². The summed E-state index contributed by atoms with van der Waals surface area (Å²) in [4.78, 5) is 16.5. The molecule has 0 unspecified atom stereocenters. The summed E-state index contributed by atoms with van der Waals surface area (Å²) in [6, 6.07) is 24.8. The summed E-state index contributed by atoms with van der Waals surface area (Å²) in [6.07, 6.45) is -2.65. The maximum absolute atomic E-state index is 13.4. The molecule has 0 radical (unpaired) electrons. The zero-order valence-corrected chi connectivity index (χ0v) is 25.1. The van der Waals surface area contributed by atoms with Crippen LogP contribution < -0.4 is 14.7 Å². The van der Waals surface area contributed by atoms with E-state index in [-0.39, 0.29) is 13.3 Å². The van der Waals surface area contributed by atoms with Crippen molar-refractivity contribution in [2.24, 2.45) is 0 Å². The summed E-state index contributed by atoms with van der Waals surface area (Å²) in [5, 5.41) is 3.54. The standard InChI is InChI=1S/C18H13F3N2O.C18H14F2N2O/c19-18(20,21)14-4-1-5-15(9-14)23-10-13-7-6-12-3-2-8-22-17(12)16(13)11-24-23;1-11-2-3-12-4-5-13-9-22(10-23-18(13)17(12)21-11)14-6-7-15(19)16(20)8-14/h1-9H,10-11H2;2-8H,9-10H2,1H3. The molecule has 8 rings (SSSR count). The highest BCUT2D eigenvalue weighted by Crippen LogP contribution is 2.36. The van der Waals surface area contributed by atoms with Crippen molar-refractivity contribution >= 4 is 33.2 Å². The molecule has 2 aliphatic rings. The van der Waals surface area contributed by atoms with Crippen molar-refractivity contribution in [2.45, 2.75) is 32.8 Å². The summed E-state index contributed by atoms with van der Waals surface area (Å²) in [5.41, 5.74) is 5.90. The maximum atomic E-state index is 13.4. The van der Waals surface area contributed by atoms with Crippen molar-refractivity contribution in [1.29, 1.82) is 0 Å². The topological polar surface area (TPSA) is 50.7 Å². The minimum Gasteiger partial charge on any atom is -0.470 e. The van der Waals surface area contributed by atoms with Crippen molar-refractivity contribution in [3.63, 3.8) is 0 Å². The maximum Gasteiger partial charge on any atom is 0.416 e. The zero-order valence-electron chi connectivity index (χ0n) is 25.1. The van der Waals surface area contributed by atoms with Crippen LogP contribution in [0.4, 0.5) is 33.3 Å². The molecule has 0 amide bonds. The molecule has 0 atom stereocenters. The van der Waals surface area contributed by atoms with Crippen molar-refractivity contribution in [1.82, 2.24) is 9.97 Å². The fourth-order valence-corrected chi connectivity index (χ4v) is 5.73. The second kappa shape index (κ2) is 12.1. The van der Waals surface area contributed by atoms with Crippen LogP contribution in [0.25, 0.3) is 21.8 Å². The molecule has 0 saturated heterocycles. The normalized spacial score (nSPS) is 14.3. The highest BCUT2D eigenvalue weighted by atomic mass is 19.4. The van der Waals surface area contributed by atoms with E-state index in [1.54, 1.807) is 18.3 Å². The van der Waals surface area contributed by atoms with Gasteiger partial charge in [-0.3, -0.25) is 9.82 Å². The van der Waals surface area contributed by atoms with E-state index < -0.39 is 23.4 Å². The third kappa shape index (κ3) is 6.14. The van der Waals surface area contributed by atoms with E-state index in [1.807, 2.05) is 60.4 Å². The van der Waals surface area contributed by atoms with E-state index in [2.05, 4.69) is 9.97 Å². The molecule has 0 aliphatic carbocycles. The number of alkyl halides is 3. The van der Waals surface area contributed by atoms with E-state index in [0.717, 1.165) is 68.1 Å². The first-order chi connectivity index (χ1) is 22.6. The highest BCUT2D eigenvalue weighted by molar-refractivity contribution is 5.86. The molecular weight excluding hydrogens is 615 g/mol. The number of aromatic nitrogens is 2. The van der Waals surface area contributed by atoms with Gasteiger partial charge in [-0.1, -0.05) is 42.5 Å². The van der Waals surface area contributed by atoms with Crippen LogP contribution in [0.1, 0.15) is 27.9 Å². The van der Waals surface area contributed by atoms with Gasteiger partial charge < -0.3 is 9.64 Å². The molecule has 0 N–H and O–H groups in total. The van der Waals surface area contributed by atoms with E-state index in [9.17, 15) is 22.0 Å². The van der Waals surface area contributed by atoms with Gasteiger partial charge in [-0.15, -0.1) is 0 Å². The average molecular weight is 643 g/mol. The number of rotatable bonds is 2. The number of fused-ring (bicyclic) bond motifs is 6. The SMILES string of the molecule is Cc1ccc2ccc3c(c2n1)OCN(c1ccc(F)c(F)c1)C3.FC(F)(F)c1cccc(N2Cc3ccc4cccnc4c3CO2)c1. The smallest absolute Gasteiger partial charge is 0.416 e. The number of hydrogen-bond donors (Lipinski definition) is 0. The lowest BCUT2D eigenvalue weighted by Gasteiger charge is -2.31. The predicted molar refractivity (Wildman–Crippen MR) is 169 cm³/mol. The minimum atomic E-state index is -4.37. The van der Waals surface area contributed by atoms with E-state index in [4.69, 9.17) is 9.57 Å². The van der Waals surface area contributed by atoms with Gasteiger partial charge in [-0.05, 0) is 55.0 Å². The summed E-state index contributed by atoms with van der Waals surface area (Å²) in [5.74, 6) is -0.938. The van der Waals surface area contributed by atoms with E-state index in [1.165, 1.54) is 17.2 Å². The summed E-state index contributed by atoms with van der Waals surface area (Å²) in [6.45, 7) is 3.43. The Kier molecular flexibility index (Phi) is 7.85. The third-order valence-electron chi connectivity index (χ3n) is 8.15. The lowest BCUT2D eigenvalue weighted by Crippen LogP contribution is -2.32. The first-order valence-corrected chi connectivity index (χ1v) is 14.8. The van der Waals surface area contributed by atoms with Gasteiger partial charge in [0.05, 0.1) is 23.3 Å². The Balaban J connectivity index is 0.000000150. The lowest BCUT2D eigenvalue weighted by molar-refractivity contribution is -0.137. The van der Waals surface area contributed by atoms with Crippen molar-refractivity contribution in [3.8, 4) is 5.75 Å². The Morgan fingerprint density at radius 2 is 1.53 bits per heavy atom. The number of aryl methyl sites for hydroxylation is 1. The summed E-state index contributed by atoms with van der Waals surface area (Å²) in [7, 11) is 0. The van der Waals surface area contributed by atoms with Crippen LogP contribution in [0, 0.1) is 18.6 Å². The van der Waals surface area contributed by atoms with Gasteiger partial charge in [0.25, 0.3) is 0 Å². The van der Waals surface area contributed by atoms with E-state index >= 15 is 0 Å². The van der Waals surface area contributed by atoms with Crippen molar-refractivity contribution in [3.05, 3.63) is 137 Å². The number of benzene rings is 4. The van der Waals surface area contributed by atoms with Crippen LogP contribution in [0.5, 0.6) is 5.75 Å². The molecule has 6 aromatic rings. The summed E-state index contributed by atoms with van der Waals surface area (Å²) >= 11 is 0. The second-order valence-electron chi connectivity index (χ2n) is 11.3. The van der Waals surface area contributed by atoms with Gasteiger partial charge in [-0.25, -0.2) is 18.8 Å². The van der Waals surface area contributed by atoms with E-state index in [0.29, 0.717) is 24.5 Å². The Morgan fingerprint density at radius 3 is 2.34 bits per heavy atom. The van der Waals surface area contributed by atoms with Crippen LogP contribution in [-0.2, 0) is 30.7 Å². The Hall–Kier alpha value is -5.29. The monoisotopic (exact) mass is 642 g/mol. The van der Waals surface area contributed by atoms with Gasteiger partial charge in [0.2, 0.25) is 0 Å². The Bertz CT molecular complexity index is 2120. The number of halogens is 5. The molecule has 0 bridgehead atoms. The van der Waals surface area contributed by atoms with Gasteiger partial charge in [0.1, 0.15) is 12.1 Å². The van der Waals surface area contributed by atoms with Gasteiger partial charge in [-0.2, -0.15) is 13.2 Å². The van der Waals surface area contributed by atoms with Gasteiger partial charge in [0.15, 0.2) is 24.1 Å².